The summed E-state index contributed by atoms with van der Waals surface area (Å²) in [5, 5.41) is 0. The molecule has 1 aliphatic rings. The lowest BCUT2D eigenvalue weighted by molar-refractivity contribution is -0.266. The van der Waals surface area contributed by atoms with Gasteiger partial charge < -0.3 is 0 Å². The molecule has 1 rings (SSSR count). The van der Waals surface area contributed by atoms with Gasteiger partial charge >= 0.3 is 0 Å². The first kappa shape index (κ1) is 18.7. The van der Waals surface area contributed by atoms with Crippen LogP contribution in [-0.4, -0.2) is 21.5 Å². The van der Waals surface area contributed by atoms with Crippen LogP contribution in [0, 0.1) is 16.2 Å². The SMILES string of the molecule is C=CC(C)(C)N1C(C)(C)C(C)(C)C(C)(C)C(C)(C)C1(C)C. The molecule has 1 aliphatic heterocycles. The smallest absolute Gasteiger partial charge is 0.0343 e. The minimum absolute atomic E-state index is 0.0436. The minimum atomic E-state index is -0.0436. The molecule has 21 heavy (non-hydrogen) atoms. The highest BCUT2D eigenvalue weighted by Crippen LogP contribution is 2.68. The van der Waals surface area contributed by atoms with Crippen molar-refractivity contribution in [3.8, 4) is 0 Å². The van der Waals surface area contributed by atoms with Gasteiger partial charge in [-0.15, -0.1) is 6.58 Å². The molecule has 1 heterocycles. The fourth-order valence-corrected chi connectivity index (χ4v) is 5.10. The summed E-state index contributed by atoms with van der Waals surface area (Å²) in [6, 6.07) is 0. The number of rotatable bonds is 2. The molecular formula is C20H39N. The van der Waals surface area contributed by atoms with Crippen molar-refractivity contribution < 1.29 is 0 Å². The zero-order chi connectivity index (χ0) is 17.3. The molecule has 0 atom stereocenters. The largest absolute Gasteiger partial charge is 0.283 e. The molecule has 0 amide bonds. The fraction of sp³-hybridized carbons (Fsp3) is 0.900. The van der Waals surface area contributed by atoms with E-state index in [0.717, 1.165) is 0 Å². The van der Waals surface area contributed by atoms with E-state index in [4.69, 9.17) is 0 Å². The predicted octanol–water partition coefficient (Wildman–Crippen LogP) is 5.90. The van der Waals surface area contributed by atoms with Crippen molar-refractivity contribution >= 4 is 0 Å². The third-order valence-corrected chi connectivity index (χ3v) is 8.38. The molecular weight excluding hydrogens is 254 g/mol. The summed E-state index contributed by atoms with van der Waals surface area (Å²) in [4.78, 5) is 2.71. The second-order valence-corrected chi connectivity index (χ2v) is 10.2. The van der Waals surface area contributed by atoms with Crippen molar-refractivity contribution in [3.63, 3.8) is 0 Å². The van der Waals surface area contributed by atoms with Gasteiger partial charge in [0.05, 0.1) is 0 Å². The summed E-state index contributed by atoms with van der Waals surface area (Å²) in [6.45, 7) is 33.1. The van der Waals surface area contributed by atoms with Crippen molar-refractivity contribution in [3.05, 3.63) is 12.7 Å². The Kier molecular flexibility index (Phi) is 3.90. The van der Waals surface area contributed by atoms with Crippen molar-refractivity contribution in [2.45, 2.75) is 99.7 Å². The van der Waals surface area contributed by atoms with Crippen LogP contribution in [0.2, 0.25) is 0 Å². The van der Waals surface area contributed by atoms with Gasteiger partial charge in [-0.1, -0.05) is 47.6 Å². The molecule has 124 valence electrons. The number of nitrogens with zero attached hydrogens (tertiary/aromatic N) is 1. The van der Waals surface area contributed by atoms with E-state index < -0.39 is 0 Å². The van der Waals surface area contributed by atoms with Crippen molar-refractivity contribution in [2.75, 3.05) is 0 Å². The Morgan fingerprint density at radius 3 is 1.19 bits per heavy atom. The van der Waals surface area contributed by atoms with E-state index >= 15 is 0 Å². The topological polar surface area (TPSA) is 3.24 Å². The molecule has 0 saturated carbocycles. The van der Waals surface area contributed by atoms with Gasteiger partial charge in [-0.2, -0.15) is 0 Å². The van der Waals surface area contributed by atoms with E-state index in [1.54, 1.807) is 0 Å². The molecule has 0 aliphatic carbocycles. The maximum atomic E-state index is 4.13. The average Bonchev–Trinajstić information content (AvgIpc) is 2.25. The molecule has 0 unspecified atom stereocenters. The van der Waals surface area contributed by atoms with Crippen LogP contribution >= 0.6 is 0 Å². The van der Waals surface area contributed by atoms with Gasteiger partial charge in [0.25, 0.3) is 0 Å². The summed E-state index contributed by atoms with van der Waals surface area (Å²) in [7, 11) is 0. The van der Waals surface area contributed by atoms with Crippen molar-refractivity contribution in [2.24, 2.45) is 16.2 Å². The number of likely N-dealkylation sites (tertiary alicyclic amines) is 1. The van der Waals surface area contributed by atoms with Gasteiger partial charge in [0.15, 0.2) is 0 Å². The predicted molar refractivity (Wildman–Crippen MR) is 95.6 cm³/mol. The normalized spacial score (nSPS) is 29.9. The van der Waals surface area contributed by atoms with Gasteiger partial charge in [-0.3, -0.25) is 4.90 Å². The van der Waals surface area contributed by atoms with Gasteiger partial charge in [0, 0.05) is 16.6 Å². The first-order valence-corrected chi connectivity index (χ1v) is 8.37. The van der Waals surface area contributed by atoms with E-state index in [1.165, 1.54) is 0 Å². The van der Waals surface area contributed by atoms with Gasteiger partial charge in [0.1, 0.15) is 0 Å². The molecule has 0 radical (unpaired) electrons. The lowest BCUT2D eigenvalue weighted by Gasteiger charge is -2.76. The van der Waals surface area contributed by atoms with Crippen LogP contribution in [0.5, 0.6) is 0 Å². The number of hydrogen-bond acceptors (Lipinski definition) is 1. The second kappa shape index (κ2) is 4.37. The third kappa shape index (κ3) is 1.92. The van der Waals surface area contributed by atoms with E-state index in [1.807, 2.05) is 0 Å². The summed E-state index contributed by atoms with van der Waals surface area (Å²) in [6.07, 6.45) is 2.11. The molecule has 0 spiro atoms. The monoisotopic (exact) mass is 293 g/mol. The summed E-state index contributed by atoms with van der Waals surface area (Å²) in [5.41, 5.74) is 0.623. The number of hydrogen-bond donors (Lipinski definition) is 0. The van der Waals surface area contributed by atoms with E-state index in [2.05, 4.69) is 101 Å². The lowest BCUT2D eigenvalue weighted by Crippen LogP contribution is -2.80. The Bertz CT molecular complexity index is 403. The zero-order valence-corrected chi connectivity index (χ0v) is 16.7. The third-order valence-electron chi connectivity index (χ3n) is 8.38. The number of piperidine rings is 1. The molecule has 0 N–H and O–H groups in total. The molecule has 1 heteroatoms. The molecule has 0 aromatic carbocycles. The Balaban J connectivity index is 3.78. The molecule has 0 aromatic heterocycles. The van der Waals surface area contributed by atoms with Crippen LogP contribution in [0.15, 0.2) is 12.7 Å². The quantitative estimate of drug-likeness (QED) is 0.573. The summed E-state index contributed by atoms with van der Waals surface area (Å²) >= 11 is 0. The highest BCUT2D eigenvalue weighted by Gasteiger charge is 2.69. The van der Waals surface area contributed by atoms with Gasteiger partial charge in [0.2, 0.25) is 0 Å². The van der Waals surface area contributed by atoms with E-state index in [0.29, 0.717) is 0 Å². The van der Waals surface area contributed by atoms with Crippen LogP contribution in [0.25, 0.3) is 0 Å². The Morgan fingerprint density at radius 1 is 0.667 bits per heavy atom. The standard InChI is InChI=1S/C20H39N/c1-14-15(2,3)21-19(10,11)17(6,7)16(4,5)18(8,9)20(21,12)13/h14H,1H2,2-13H3. The van der Waals surface area contributed by atoms with Gasteiger partial charge in [-0.25, -0.2) is 0 Å². The molecule has 0 bridgehead atoms. The maximum Gasteiger partial charge on any atom is 0.0343 e. The first-order chi connectivity index (χ1) is 8.93. The zero-order valence-electron chi connectivity index (χ0n) is 16.7. The van der Waals surface area contributed by atoms with E-state index in [9.17, 15) is 0 Å². The summed E-state index contributed by atoms with van der Waals surface area (Å²) < 4.78 is 0. The van der Waals surface area contributed by atoms with Crippen LogP contribution in [0.3, 0.4) is 0 Å². The Labute approximate surface area is 134 Å². The van der Waals surface area contributed by atoms with Crippen molar-refractivity contribution in [1.29, 1.82) is 0 Å². The van der Waals surface area contributed by atoms with Crippen LogP contribution in [-0.2, 0) is 0 Å². The molecule has 1 nitrogen and oxygen atoms in total. The van der Waals surface area contributed by atoms with E-state index in [-0.39, 0.29) is 32.9 Å². The maximum absolute atomic E-state index is 4.13. The van der Waals surface area contributed by atoms with Crippen LogP contribution in [0.1, 0.15) is 83.1 Å². The van der Waals surface area contributed by atoms with Gasteiger partial charge in [-0.05, 0) is 57.8 Å². The fourth-order valence-electron chi connectivity index (χ4n) is 5.10. The molecule has 0 aromatic rings. The first-order valence-electron chi connectivity index (χ1n) is 8.37. The Hall–Kier alpha value is -0.300. The average molecular weight is 294 g/mol. The Morgan fingerprint density at radius 2 is 0.952 bits per heavy atom. The van der Waals surface area contributed by atoms with Crippen LogP contribution < -0.4 is 0 Å². The molecule has 1 saturated heterocycles. The second-order valence-electron chi connectivity index (χ2n) is 10.2. The minimum Gasteiger partial charge on any atom is -0.283 e. The van der Waals surface area contributed by atoms with Crippen LogP contribution in [0.4, 0.5) is 0 Å². The van der Waals surface area contributed by atoms with Crippen molar-refractivity contribution in [1.82, 2.24) is 4.90 Å². The molecule has 1 fully saturated rings. The summed E-state index contributed by atoms with van der Waals surface area (Å²) in [5.74, 6) is 0. The highest BCUT2D eigenvalue weighted by atomic mass is 15.3. The lowest BCUT2D eigenvalue weighted by atomic mass is 9.41. The highest BCUT2D eigenvalue weighted by molar-refractivity contribution is 5.23.